The van der Waals surface area contributed by atoms with E-state index in [0.29, 0.717) is 19.4 Å². The number of carbonyl (C=O) groups is 3. The normalized spacial score (nSPS) is 11.1. The summed E-state index contributed by atoms with van der Waals surface area (Å²) in [4.78, 5) is 33.7. The molecule has 0 spiro atoms. The maximum Gasteiger partial charge on any atom is 0.243 e. The highest BCUT2D eigenvalue weighted by Gasteiger charge is 2.11. The number of hydrogen-bond donors (Lipinski definition) is 2. The van der Waals surface area contributed by atoms with Crippen molar-refractivity contribution in [2.24, 2.45) is 0 Å². The summed E-state index contributed by atoms with van der Waals surface area (Å²) < 4.78 is 0. The van der Waals surface area contributed by atoms with E-state index in [9.17, 15) is 14.4 Å². The number of nitrogens with one attached hydrogen (secondary N) is 2. The van der Waals surface area contributed by atoms with Crippen molar-refractivity contribution in [1.29, 1.82) is 0 Å². The first-order valence-electron chi connectivity index (χ1n) is 8.02. The average molecular weight is 320 g/mol. The highest BCUT2D eigenvalue weighted by Crippen LogP contribution is 2.10. The fourth-order valence-electron chi connectivity index (χ4n) is 2.12. The van der Waals surface area contributed by atoms with Crippen LogP contribution in [0.3, 0.4) is 0 Å². The maximum atomic E-state index is 11.4. The van der Waals surface area contributed by atoms with Crippen molar-refractivity contribution in [3.63, 3.8) is 0 Å². The molecule has 0 rings (SSSR count). The predicted molar refractivity (Wildman–Crippen MR) is 92.9 cm³/mol. The second kappa shape index (κ2) is 13.5. The summed E-state index contributed by atoms with van der Waals surface area (Å²) in [6.07, 6.45) is 9.52. The van der Waals surface area contributed by atoms with Gasteiger partial charge in [0, 0.05) is 19.0 Å². The smallest absolute Gasteiger partial charge is 0.243 e. The van der Waals surface area contributed by atoms with E-state index in [1.165, 1.54) is 18.2 Å². The number of unbranched alkanes of at least 4 members (excludes halogenated alkanes) is 3. The molecule has 128 valence electrons. The van der Waals surface area contributed by atoms with Crippen LogP contribution in [-0.4, -0.2) is 30.2 Å². The molecule has 0 aromatic rings. The van der Waals surface area contributed by atoms with Gasteiger partial charge in [-0.05, 0) is 37.5 Å². The molecule has 0 saturated heterocycles. The van der Waals surface area contributed by atoms with Gasteiger partial charge in [-0.3, -0.25) is 14.4 Å². The van der Waals surface area contributed by atoms with E-state index in [1.807, 2.05) is 0 Å². The van der Waals surface area contributed by atoms with E-state index in [0.717, 1.165) is 32.1 Å². The minimum Gasteiger partial charge on any atom is -0.353 e. The van der Waals surface area contributed by atoms with Crippen LogP contribution in [0.5, 0.6) is 0 Å². The fraction of sp³-hybridized carbons (Fsp3) is 0.500. The lowest BCUT2D eigenvalue weighted by molar-refractivity contribution is -0.118. The van der Waals surface area contributed by atoms with Crippen molar-refractivity contribution < 1.29 is 14.4 Å². The molecule has 23 heavy (non-hydrogen) atoms. The Bertz CT molecular complexity index is 430. The van der Waals surface area contributed by atoms with Gasteiger partial charge in [-0.1, -0.05) is 39.0 Å². The minimum absolute atomic E-state index is 0.0131. The Morgan fingerprint density at radius 3 is 2.09 bits per heavy atom. The van der Waals surface area contributed by atoms with Gasteiger partial charge in [0.15, 0.2) is 5.78 Å². The zero-order valence-electron chi connectivity index (χ0n) is 13.8. The van der Waals surface area contributed by atoms with Gasteiger partial charge in [-0.15, -0.1) is 0 Å². The van der Waals surface area contributed by atoms with Crippen LogP contribution in [0.1, 0.15) is 44.9 Å². The van der Waals surface area contributed by atoms with Gasteiger partial charge in [0.1, 0.15) is 0 Å². The Balaban J connectivity index is 3.94. The van der Waals surface area contributed by atoms with Gasteiger partial charge in [0.2, 0.25) is 11.8 Å². The van der Waals surface area contributed by atoms with Crippen LogP contribution in [0, 0.1) is 0 Å². The molecule has 0 bridgehead atoms. The Hall–Kier alpha value is -2.17. The van der Waals surface area contributed by atoms with E-state index in [4.69, 9.17) is 0 Å². The molecule has 0 aliphatic carbocycles. The van der Waals surface area contributed by atoms with Gasteiger partial charge in [0.25, 0.3) is 0 Å². The third kappa shape index (κ3) is 12.1. The summed E-state index contributed by atoms with van der Waals surface area (Å²) >= 11 is 0. The quantitative estimate of drug-likeness (QED) is 0.381. The molecule has 0 aliphatic rings. The summed E-state index contributed by atoms with van der Waals surface area (Å²) in [5.74, 6) is -0.377. The second-order valence-electron chi connectivity index (χ2n) is 5.32. The Labute approximate surface area is 138 Å². The number of rotatable bonds is 14. The molecule has 5 nitrogen and oxygen atoms in total. The zero-order valence-corrected chi connectivity index (χ0v) is 13.8. The molecular weight excluding hydrogens is 292 g/mol. The van der Waals surface area contributed by atoms with Crippen molar-refractivity contribution in [3.8, 4) is 0 Å². The van der Waals surface area contributed by atoms with Crippen LogP contribution in [-0.2, 0) is 14.4 Å². The first-order chi connectivity index (χ1) is 11.0. The molecule has 2 N–H and O–H groups in total. The molecule has 0 radical (unpaired) electrons. The van der Waals surface area contributed by atoms with Crippen LogP contribution in [0.2, 0.25) is 0 Å². The minimum atomic E-state index is -0.215. The fourth-order valence-corrected chi connectivity index (χ4v) is 2.12. The molecule has 0 fully saturated rings. The van der Waals surface area contributed by atoms with Gasteiger partial charge < -0.3 is 10.6 Å². The Morgan fingerprint density at radius 1 is 0.826 bits per heavy atom. The number of ketones is 1. The van der Waals surface area contributed by atoms with Crippen molar-refractivity contribution in [2.75, 3.05) is 6.54 Å². The van der Waals surface area contributed by atoms with Crippen molar-refractivity contribution in [3.05, 3.63) is 38.0 Å². The van der Waals surface area contributed by atoms with Gasteiger partial charge in [-0.25, -0.2) is 0 Å². The van der Waals surface area contributed by atoms with Crippen molar-refractivity contribution >= 4 is 17.6 Å². The number of amides is 2. The largest absolute Gasteiger partial charge is 0.353 e. The average Bonchev–Trinajstić information content (AvgIpc) is 2.57. The first-order valence-corrected chi connectivity index (χ1v) is 8.02. The Morgan fingerprint density at radius 2 is 1.48 bits per heavy atom. The van der Waals surface area contributed by atoms with Gasteiger partial charge in [-0.2, -0.15) is 0 Å². The van der Waals surface area contributed by atoms with E-state index < -0.39 is 0 Å². The molecule has 1 unspecified atom stereocenters. The van der Waals surface area contributed by atoms with Crippen LogP contribution in [0.4, 0.5) is 0 Å². The highest BCUT2D eigenvalue weighted by atomic mass is 16.2. The lowest BCUT2D eigenvalue weighted by Gasteiger charge is -2.17. The molecule has 0 aliphatic heterocycles. The molecule has 5 heteroatoms. The van der Waals surface area contributed by atoms with Crippen molar-refractivity contribution in [1.82, 2.24) is 10.6 Å². The van der Waals surface area contributed by atoms with E-state index >= 15 is 0 Å². The molecular formula is C18H28N2O3. The topological polar surface area (TPSA) is 75.3 Å². The molecule has 2 amide bonds. The third-order valence-corrected chi connectivity index (χ3v) is 3.46. The van der Waals surface area contributed by atoms with E-state index in [1.54, 1.807) is 0 Å². The third-order valence-electron chi connectivity index (χ3n) is 3.46. The second-order valence-corrected chi connectivity index (χ2v) is 5.32. The van der Waals surface area contributed by atoms with Crippen molar-refractivity contribution in [2.45, 2.75) is 51.0 Å². The maximum absolute atomic E-state index is 11.4. The number of allylic oxidation sites excluding steroid dienone is 1. The van der Waals surface area contributed by atoms with Gasteiger partial charge >= 0.3 is 0 Å². The number of hydrogen-bond acceptors (Lipinski definition) is 3. The Kier molecular flexibility index (Phi) is 12.2. The number of carbonyl (C=O) groups excluding carboxylic acids is 3. The molecule has 1 atom stereocenters. The summed E-state index contributed by atoms with van der Waals surface area (Å²) in [6, 6.07) is -0.0233. The zero-order chi connectivity index (χ0) is 17.5. The molecule has 0 aromatic carbocycles. The summed E-state index contributed by atoms with van der Waals surface area (Å²) in [5.41, 5.74) is 0. The molecule has 0 heterocycles. The SMILES string of the molecule is C=CC(=O)CCC(CCCCCCNC(=O)C=C)NC(=O)C=C. The standard InChI is InChI=1S/C18H28N2O3/c1-4-16(21)13-12-15(20-18(23)6-3)11-9-7-8-10-14-19-17(22)5-2/h4-6,15H,1-3,7-14H2,(H,19,22)(H,20,23). The van der Waals surface area contributed by atoms with Crippen LogP contribution < -0.4 is 10.6 Å². The monoisotopic (exact) mass is 320 g/mol. The lowest BCUT2D eigenvalue weighted by atomic mass is 10.0. The van der Waals surface area contributed by atoms with Gasteiger partial charge in [0.05, 0.1) is 0 Å². The first kappa shape index (κ1) is 20.8. The highest BCUT2D eigenvalue weighted by molar-refractivity contribution is 5.89. The summed E-state index contributed by atoms with van der Waals surface area (Å²) in [7, 11) is 0. The van der Waals surface area contributed by atoms with Crippen LogP contribution in [0.15, 0.2) is 38.0 Å². The molecule has 0 saturated carbocycles. The summed E-state index contributed by atoms with van der Waals surface area (Å²) in [6.45, 7) is 10.9. The lowest BCUT2D eigenvalue weighted by Crippen LogP contribution is -2.34. The molecule has 0 aromatic heterocycles. The predicted octanol–water partition coefficient (Wildman–Crippen LogP) is 2.45. The van der Waals surface area contributed by atoms with Crippen LogP contribution >= 0.6 is 0 Å². The summed E-state index contributed by atoms with van der Waals surface area (Å²) in [5, 5.41) is 5.59. The van der Waals surface area contributed by atoms with E-state index in [-0.39, 0.29) is 23.6 Å². The van der Waals surface area contributed by atoms with E-state index in [2.05, 4.69) is 30.4 Å². The van der Waals surface area contributed by atoms with Crippen LogP contribution in [0.25, 0.3) is 0 Å².